The van der Waals surface area contributed by atoms with Crippen LogP contribution in [0.25, 0.3) is 0 Å². The molecule has 0 saturated heterocycles. The summed E-state index contributed by atoms with van der Waals surface area (Å²) >= 11 is 0. The highest BCUT2D eigenvalue weighted by Gasteiger charge is 2.32. The molecule has 1 aromatic carbocycles. The predicted octanol–water partition coefficient (Wildman–Crippen LogP) is 4.00. The van der Waals surface area contributed by atoms with Gasteiger partial charge >= 0.3 is 6.18 Å². The molecule has 1 unspecified atom stereocenters. The Labute approximate surface area is 93.0 Å². The molecule has 4 heteroatoms. The molecule has 0 spiro atoms. The Bertz CT molecular complexity index is 382. The largest absolute Gasteiger partial charge is 0.416 e. The van der Waals surface area contributed by atoms with Gasteiger partial charge in [0.25, 0.3) is 0 Å². The summed E-state index contributed by atoms with van der Waals surface area (Å²) in [4.78, 5) is 0. The smallest absolute Gasteiger partial charge is 0.379 e. The van der Waals surface area contributed by atoms with E-state index in [0.29, 0.717) is 5.69 Å². The molecule has 0 radical (unpaired) electrons. The second-order valence-electron chi connectivity index (χ2n) is 3.70. The zero-order valence-electron chi connectivity index (χ0n) is 9.23. The third-order valence-electron chi connectivity index (χ3n) is 2.29. The first-order valence-electron chi connectivity index (χ1n) is 4.91. The molecule has 1 nitrogen and oxygen atoms in total. The maximum Gasteiger partial charge on any atom is 0.416 e. The van der Waals surface area contributed by atoms with Crippen LogP contribution in [0, 0.1) is 6.92 Å². The van der Waals surface area contributed by atoms with Crippen molar-refractivity contribution in [2.75, 3.05) is 5.32 Å². The second-order valence-corrected chi connectivity index (χ2v) is 3.70. The van der Waals surface area contributed by atoms with Crippen molar-refractivity contribution in [3.63, 3.8) is 0 Å². The van der Waals surface area contributed by atoms with Crippen molar-refractivity contribution in [2.24, 2.45) is 0 Å². The lowest BCUT2D eigenvalue weighted by atomic mass is 10.1. The number of aryl methyl sites for hydroxylation is 1. The van der Waals surface area contributed by atoms with E-state index < -0.39 is 11.7 Å². The lowest BCUT2D eigenvalue weighted by Gasteiger charge is -2.15. The molecule has 0 aromatic heterocycles. The van der Waals surface area contributed by atoms with E-state index >= 15 is 0 Å². The SMILES string of the molecule is C=CC(C)Nc1ccc(C)c(C(F)(F)F)c1. The normalized spacial score (nSPS) is 13.3. The molecule has 0 bridgehead atoms. The number of anilines is 1. The Hall–Kier alpha value is -1.45. The van der Waals surface area contributed by atoms with Gasteiger partial charge in [-0.25, -0.2) is 0 Å². The average molecular weight is 229 g/mol. The molecule has 0 aliphatic carbocycles. The van der Waals surface area contributed by atoms with Gasteiger partial charge in [-0.1, -0.05) is 12.1 Å². The van der Waals surface area contributed by atoms with Crippen LogP contribution in [0.15, 0.2) is 30.9 Å². The molecule has 0 heterocycles. The second kappa shape index (κ2) is 4.60. The van der Waals surface area contributed by atoms with Gasteiger partial charge in [-0.15, -0.1) is 6.58 Å². The first kappa shape index (κ1) is 12.6. The number of nitrogens with one attached hydrogen (secondary N) is 1. The highest BCUT2D eigenvalue weighted by Crippen LogP contribution is 2.33. The third-order valence-corrected chi connectivity index (χ3v) is 2.29. The van der Waals surface area contributed by atoms with Crippen LogP contribution in [0.4, 0.5) is 18.9 Å². The molecule has 88 valence electrons. The first-order chi connectivity index (χ1) is 7.34. The Morgan fingerprint density at radius 2 is 2.00 bits per heavy atom. The quantitative estimate of drug-likeness (QED) is 0.772. The van der Waals surface area contributed by atoms with Crippen LogP contribution in [0.1, 0.15) is 18.1 Å². The van der Waals surface area contributed by atoms with E-state index in [4.69, 9.17) is 0 Å². The summed E-state index contributed by atoms with van der Waals surface area (Å²) in [5.41, 5.74) is 0.0726. The minimum atomic E-state index is -4.31. The number of alkyl halides is 3. The van der Waals surface area contributed by atoms with Gasteiger partial charge in [0, 0.05) is 11.7 Å². The number of hydrogen-bond acceptors (Lipinski definition) is 1. The lowest BCUT2D eigenvalue weighted by Crippen LogP contribution is -2.13. The molecular formula is C12H14F3N. The molecule has 1 rings (SSSR count). The highest BCUT2D eigenvalue weighted by molar-refractivity contribution is 5.50. The van der Waals surface area contributed by atoms with E-state index in [2.05, 4.69) is 11.9 Å². The number of rotatable bonds is 3. The van der Waals surface area contributed by atoms with Gasteiger partial charge in [-0.3, -0.25) is 0 Å². The zero-order chi connectivity index (χ0) is 12.3. The summed E-state index contributed by atoms with van der Waals surface area (Å²) in [6.07, 6.45) is -2.67. The maximum atomic E-state index is 12.6. The van der Waals surface area contributed by atoms with Crippen LogP contribution < -0.4 is 5.32 Å². The van der Waals surface area contributed by atoms with Gasteiger partial charge in [0.15, 0.2) is 0 Å². The van der Waals surface area contributed by atoms with E-state index in [1.54, 1.807) is 12.1 Å². The van der Waals surface area contributed by atoms with Gasteiger partial charge in [0.05, 0.1) is 5.56 Å². The number of hydrogen-bond donors (Lipinski definition) is 1. The van der Waals surface area contributed by atoms with Crippen molar-refractivity contribution >= 4 is 5.69 Å². The Kier molecular flexibility index (Phi) is 3.62. The Balaban J connectivity index is 3.03. The first-order valence-corrected chi connectivity index (χ1v) is 4.91. The Morgan fingerprint density at radius 3 is 2.50 bits per heavy atom. The van der Waals surface area contributed by atoms with E-state index in [0.717, 1.165) is 6.07 Å². The summed E-state index contributed by atoms with van der Waals surface area (Å²) < 4.78 is 37.8. The van der Waals surface area contributed by atoms with Crippen molar-refractivity contribution in [3.05, 3.63) is 42.0 Å². The summed E-state index contributed by atoms with van der Waals surface area (Å²) in [6.45, 7) is 6.83. The molecule has 0 aliphatic rings. The van der Waals surface area contributed by atoms with Crippen molar-refractivity contribution in [3.8, 4) is 0 Å². The van der Waals surface area contributed by atoms with Gasteiger partial charge in [0.2, 0.25) is 0 Å². The topological polar surface area (TPSA) is 12.0 Å². The van der Waals surface area contributed by atoms with E-state index in [1.165, 1.54) is 13.0 Å². The summed E-state index contributed by atoms with van der Waals surface area (Å²) in [5.74, 6) is 0. The molecule has 1 aromatic rings. The molecule has 16 heavy (non-hydrogen) atoms. The van der Waals surface area contributed by atoms with E-state index in [-0.39, 0.29) is 11.6 Å². The minimum Gasteiger partial charge on any atom is -0.379 e. The van der Waals surface area contributed by atoms with Crippen molar-refractivity contribution in [1.29, 1.82) is 0 Å². The standard InChI is InChI=1S/C12H14F3N/c1-4-9(3)16-10-6-5-8(2)11(7-10)12(13,14)15/h4-7,9,16H,1H2,2-3H3. The monoisotopic (exact) mass is 229 g/mol. The van der Waals surface area contributed by atoms with Crippen LogP contribution in [-0.4, -0.2) is 6.04 Å². The molecule has 1 atom stereocenters. The lowest BCUT2D eigenvalue weighted by molar-refractivity contribution is -0.138. The van der Waals surface area contributed by atoms with Gasteiger partial charge < -0.3 is 5.32 Å². The summed E-state index contributed by atoms with van der Waals surface area (Å²) in [5, 5.41) is 2.91. The summed E-state index contributed by atoms with van der Waals surface area (Å²) in [7, 11) is 0. The average Bonchev–Trinajstić information content (AvgIpc) is 2.19. The molecular weight excluding hydrogens is 215 g/mol. The molecule has 0 amide bonds. The fourth-order valence-electron chi connectivity index (χ4n) is 1.34. The van der Waals surface area contributed by atoms with Crippen molar-refractivity contribution in [1.82, 2.24) is 0 Å². The third kappa shape index (κ3) is 3.02. The van der Waals surface area contributed by atoms with Crippen LogP contribution in [0.3, 0.4) is 0 Å². The number of halogens is 3. The molecule has 1 N–H and O–H groups in total. The molecule has 0 aliphatic heterocycles. The van der Waals surface area contributed by atoms with E-state index in [9.17, 15) is 13.2 Å². The fraction of sp³-hybridized carbons (Fsp3) is 0.333. The van der Waals surface area contributed by atoms with Crippen molar-refractivity contribution < 1.29 is 13.2 Å². The van der Waals surface area contributed by atoms with Gasteiger partial charge in [-0.2, -0.15) is 13.2 Å². The van der Waals surface area contributed by atoms with Gasteiger partial charge in [0.1, 0.15) is 0 Å². The van der Waals surface area contributed by atoms with Crippen LogP contribution >= 0.6 is 0 Å². The zero-order valence-corrected chi connectivity index (χ0v) is 9.23. The van der Waals surface area contributed by atoms with Crippen LogP contribution in [0.2, 0.25) is 0 Å². The number of benzene rings is 1. The highest BCUT2D eigenvalue weighted by atomic mass is 19.4. The van der Waals surface area contributed by atoms with Crippen LogP contribution in [-0.2, 0) is 6.18 Å². The predicted molar refractivity (Wildman–Crippen MR) is 59.5 cm³/mol. The minimum absolute atomic E-state index is 0.0659. The molecule has 0 saturated carbocycles. The van der Waals surface area contributed by atoms with E-state index in [1.807, 2.05) is 6.92 Å². The Morgan fingerprint density at radius 1 is 1.38 bits per heavy atom. The molecule has 0 fully saturated rings. The van der Waals surface area contributed by atoms with Crippen molar-refractivity contribution in [2.45, 2.75) is 26.1 Å². The fourth-order valence-corrected chi connectivity index (χ4v) is 1.34. The summed E-state index contributed by atoms with van der Waals surface area (Å²) in [6, 6.07) is 4.14. The van der Waals surface area contributed by atoms with Gasteiger partial charge in [-0.05, 0) is 31.5 Å². The van der Waals surface area contributed by atoms with Crippen LogP contribution in [0.5, 0.6) is 0 Å². The maximum absolute atomic E-state index is 12.6.